The van der Waals surface area contributed by atoms with E-state index in [9.17, 15) is 8.42 Å². The Hall–Kier alpha value is -0.390. The van der Waals surface area contributed by atoms with Crippen LogP contribution in [0.15, 0.2) is 17.5 Å². The van der Waals surface area contributed by atoms with Gasteiger partial charge < -0.3 is 5.32 Å². The van der Waals surface area contributed by atoms with Crippen LogP contribution in [0.25, 0.3) is 0 Å². The predicted octanol–water partition coefficient (Wildman–Crippen LogP) is 2.58. The maximum absolute atomic E-state index is 12.3. The van der Waals surface area contributed by atoms with Crippen LogP contribution in [0.1, 0.15) is 37.5 Å². The highest BCUT2D eigenvalue weighted by Crippen LogP contribution is 2.27. The molecule has 18 heavy (non-hydrogen) atoms. The second kappa shape index (κ2) is 6.17. The molecule has 0 aromatic carbocycles. The molecule has 1 unspecified atom stereocenters. The van der Waals surface area contributed by atoms with Gasteiger partial charge in [0.2, 0.25) is 0 Å². The molecule has 102 valence electrons. The van der Waals surface area contributed by atoms with Gasteiger partial charge in [0, 0.05) is 18.0 Å². The molecule has 0 aliphatic heterocycles. The van der Waals surface area contributed by atoms with Crippen LogP contribution in [0.2, 0.25) is 0 Å². The quantitative estimate of drug-likeness (QED) is 0.875. The summed E-state index contributed by atoms with van der Waals surface area (Å²) in [4.78, 5) is 1.25. The molecule has 5 heteroatoms. The summed E-state index contributed by atoms with van der Waals surface area (Å²) in [5.74, 6) is 0. The van der Waals surface area contributed by atoms with Crippen molar-refractivity contribution in [3.8, 4) is 0 Å². The van der Waals surface area contributed by atoms with E-state index in [1.807, 2.05) is 18.4 Å². The highest BCUT2D eigenvalue weighted by Gasteiger charge is 2.32. The molecule has 1 N–H and O–H groups in total. The molecule has 1 saturated carbocycles. The molecule has 0 spiro atoms. The third-order valence-electron chi connectivity index (χ3n) is 3.64. The lowest BCUT2D eigenvalue weighted by Gasteiger charge is -2.18. The molecule has 0 saturated heterocycles. The van der Waals surface area contributed by atoms with Crippen LogP contribution in [0.5, 0.6) is 0 Å². The van der Waals surface area contributed by atoms with Crippen molar-refractivity contribution in [2.75, 3.05) is 6.54 Å². The lowest BCUT2D eigenvalue weighted by atomic mass is 10.4. The Kier molecular flexibility index (Phi) is 4.81. The van der Waals surface area contributed by atoms with Crippen molar-refractivity contribution in [1.82, 2.24) is 5.32 Å². The Bertz CT molecular complexity index is 447. The van der Waals surface area contributed by atoms with Crippen molar-refractivity contribution < 1.29 is 8.42 Å². The predicted molar refractivity (Wildman–Crippen MR) is 76.7 cm³/mol. The second-order valence-corrected chi connectivity index (χ2v) is 8.70. The molecule has 1 aliphatic rings. The van der Waals surface area contributed by atoms with Crippen molar-refractivity contribution in [3.63, 3.8) is 0 Å². The van der Waals surface area contributed by atoms with Crippen LogP contribution >= 0.6 is 11.3 Å². The largest absolute Gasteiger partial charge is 0.311 e. The Labute approximate surface area is 114 Å². The molecule has 1 heterocycles. The summed E-state index contributed by atoms with van der Waals surface area (Å²) in [6.07, 6.45) is 3.85. The second-order valence-electron chi connectivity index (χ2n) is 5.02. The number of nitrogens with one attached hydrogen (secondary N) is 1. The lowest BCUT2D eigenvalue weighted by Crippen LogP contribution is -2.36. The van der Waals surface area contributed by atoms with E-state index < -0.39 is 9.84 Å². The maximum Gasteiger partial charge on any atom is 0.156 e. The van der Waals surface area contributed by atoms with Gasteiger partial charge in [0.1, 0.15) is 0 Å². The summed E-state index contributed by atoms with van der Waals surface area (Å²) in [5.41, 5.74) is 0. The molecule has 0 amide bonds. The number of thiophene rings is 1. The standard InChI is InChI=1S/C13H21NO2S2/c1-11(9-14-10-12-5-4-8-17-12)18(15,16)13-6-2-3-7-13/h4-5,8,11,13-14H,2-3,6-7,9-10H2,1H3. The smallest absolute Gasteiger partial charge is 0.156 e. The van der Waals surface area contributed by atoms with Crippen molar-refractivity contribution >= 4 is 21.2 Å². The SMILES string of the molecule is CC(CNCc1cccs1)S(=O)(=O)C1CCCC1. The number of hydrogen-bond acceptors (Lipinski definition) is 4. The number of sulfone groups is 1. The van der Waals surface area contributed by atoms with E-state index in [2.05, 4.69) is 11.4 Å². The zero-order valence-electron chi connectivity index (χ0n) is 10.8. The van der Waals surface area contributed by atoms with Crippen molar-refractivity contribution in [2.24, 2.45) is 0 Å². The summed E-state index contributed by atoms with van der Waals surface area (Å²) >= 11 is 1.70. The van der Waals surface area contributed by atoms with Gasteiger partial charge in [-0.15, -0.1) is 11.3 Å². The van der Waals surface area contributed by atoms with Gasteiger partial charge in [-0.25, -0.2) is 8.42 Å². The summed E-state index contributed by atoms with van der Waals surface area (Å²) < 4.78 is 24.6. The van der Waals surface area contributed by atoms with Gasteiger partial charge >= 0.3 is 0 Å². The average Bonchev–Trinajstić information content (AvgIpc) is 3.02. The Morgan fingerprint density at radius 1 is 1.44 bits per heavy atom. The first-order valence-corrected chi connectivity index (χ1v) is 9.05. The van der Waals surface area contributed by atoms with Crippen LogP contribution in [0.3, 0.4) is 0 Å². The van der Waals surface area contributed by atoms with E-state index in [4.69, 9.17) is 0 Å². The molecule has 1 aromatic heterocycles. The Morgan fingerprint density at radius 2 is 2.17 bits per heavy atom. The number of hydrogen-bond donors (Lipinski definition) is 1. The topological polar surface area (TPSA) is 46.2 Å². The van der Waals surface area contributed by atoms with Crippen molar-refractivity contribution in [1.29, 1.82) is 0 Å². The zero-order valence-corrected chi connectivity index (χ0v) is 12.4. The highest BCUT2D eigenvalue weighted by atomic mass is 32.2. The molecule has 1 atom stereocenters. The first-order chi connectivity index (χ1) is 8.60. The normalized spacial score (nSPS) is 19.2. The van der Waals surface area contributed by atoms with Gasteiger partial charge in [-0.2, -0.15) is 0 Å². The van der Waals surface area contributed by atoms with E-state index in [0.717, 1.165) is 32.2 Å². The fourth-order valence-corrected chi connectivity index (χ4v) is 5.15. The van der Waals surface area contributed by atoms with E-state index in [1.54, 1.807) is 11.3 Å². The van der Waals surface area contributed by atoms with E-state index in [-0.39, 0.29) is 10.5 Å². The number of rotatable bonds is 6. The molecule has 0 bridgehead atoms. The molecular weight excluding hydrogens is 266 g/mol. The summed E-state index contributed by atoms with van der Waals surface area (Å²) in [5, 5.41) is 4.92. The van der Waals surface area contributed by atoms with E-state index >= 15 is 0 Å². The minimum atomic E-state index is -2.94. The first-order valence-electron chi connectivity index (χ1n) is 6.56. The van der Waals surface area contributed by atoms with Gasteiger partial charge in [0.05, 0.1) is 10.5 Å². The highest BCUT2D eigenvalue weighted by molar-refractivity contribution is 7.92. The van der Waals surface area contributed by atoms with E-state index in [0.29, 0.717) is 6.54 Å². The molecule has 1 aromatic rings. The molecular formula is C13H21NO2S2. The molecule has 2 rings (SSSR count). The Morgan fingerprint density at radius 3 is 2.78 bits per heavy atom. The van der Waals surface area contributed by atoms with Crippen molar-refractivity contribution in [2.45, 2.75) is 49.7 Å². The minimum absolute atomic E-state index is 0.0870. The zero-order chi connectivity index (χ0) is 13.0. The molecule has 0 radical (unpaired) electrons. The summed E-state index contributed by atoms with van der Waals surface area (Å²) in [6, 6.07) is 4.08. The first kappa shape index (κ1) is 14.0. The van der Waals surface area contributed by atoms with Crippen molar-refractivity contribution in [3.05, 3.63) is 22.4 Å². The van der Waals surface area contributed by atoms with Crippen LogP contribution < -0.4 is 5.32 Å². The molecule has 1 aliphatic carbocycles. The average molecular weight is 287 g/mol. The molecule has 1 fully saturated rings. The van der Waals surface area contributed by atoms with Crippen LogP contribution in [-0.4, -0.2) is 25.5 Å². The van der Waals surface area contributed by atoms with Crippen LogP contribution in [0, 0.1) is 0 Å². The fourth-order valence-electron chi connectivity index (χ4n) is 2.47. The minimum Gasteiger partial charge on any atom is -0.311 e. The summed E-state index contributed by atoms with van der Waals surface area (Å²) in [6.45, 7) is 3.15. The van der Waals surface area contributed by atoms with Gasteiger partial charge in [-0.1, -0.05) is 18.9 Å². The van der Waals surface area contributed by atoms with Gasteiger partial charge in [0.25, 0.3) is 0 Å². The summed E-state index contributed by atoms with van der Waals surface area (Å²) in [7, 11) is -2.94. The monoisotopic (exact) mass is 287 g/mol. The third kappa shape index (κ3) is 3.33. The van der Waals surface area contributed by atoms with E-state index in [1.165, 1.54) is 4.88 Å². The van der Waals surface area contributed by atoms with Gasteiger partial charge in [-0.05, 0) is 31.2 Å². The lowest BCUT2D eigenvalue weighted by molar-refractivity contribution is 0.556. The maximum atomic E-state index is 12.3. The third-order valence-corrected chi connectivity index (χ3v) is 7.20. The van der Waals surface area contributed by atoms with Crippen LogP contribution in [0.4, 0.5) is 0 Å². The molecule has 3 nitrogen and oxygen atoms in total. The van der Waals surface area contributed by atoms with Gasteiger partial charge in [0.15, 0.2) is 9.84 Å². The fraction of sp³-hybridized carbons (Fsp3) is 0.692. The Balaban J connectivity index is 1.81. The van der Waals surface area contributed by atoms with Crippen LogP contribution in [-0.2, 0) is 16.4 Å². The van der Waals surface area contributed by atoms with Gasteiger partial charge in [-0.3, -0.25) is 0 Å².